The largest absolute Gasteiger partial charge is 0.322 e. The zero-order valence-electron chi connectivity index (χ0n) is 14.3. The molecule has 1 amide bonds. The zero-order valence-corrected chi connectivity index (χ0v) is 16.5. The van der Waals surface area contributed by atoms with Gasteiger partial charge in [0.15, 0.2) is 0 Å². The van der Waals surface area contributed by atoms with E-state index in [0.29, 0.717) is 5.56 Å². The number of hydrogen-bond acceptors (Lipinski definition) is 2. The van der Waals surface area contributed by atoms with Crippen molar-refractivity contribution in [3.05, 3.63) is 62.7 Å². The predicted molar refractivity (Wildman–Crippen MR) is 110 cm³/mol. The van der Waals surface area contributed by atoms with E-state index in [4.69, 9.17) is 0 Å². The van der Waals surface area contributed by atoms with Crippen LogP contribution in [0.5, 0.6) is 0 Å². The van der Waals surface area contributed by atoms with E-state index < -0.39 is 0 Å². The lowest BCUT2D eigenvalue weighted by Gasteiger charge is -2.36. The molecule has 2 aliphatic rings. The first-order chi connectivity index (χ1) is 12.2. The maximum Gasteiger partial charge on any atom is 0.255 e. The third kappa shape index (κ3) is 3.90. The van der Waals surface area contributed by atoms with Crippen LogP contribution in [0.25, 0.3) is 0 Å². The lowest BCUT2D eigenvalue weighted by atomic mass is 9.91. The fourth-order valence-electron chi connectivity index (χ4n) is 3.77. The molecule has 1 aliphatic carbocycles. The summed E-state index contributed by atoms with van der Waals surface area (Å²) >= 11 is 2.23. The number of anilines is 1. The standard InChI is InChI=1S/C21H23IN2O/c22-18-4-1-3-17(13-18)21(25)23-19-8-7-15-9-11-24(20-5-2-6-20)12-10-16(15)14-19/h1,3-4,7-8,13-14,20H,2,5-6,9-12H2,(H,23,25). The number of nitrogens with zero attached hydrogens (tertiary/aromatic N) is 1. The van der Waals surface area contributed by atoms with E-state index in [-0.39, 0.29) is 5.91 Å². The number of nitrogens with one attached hydrogen (secondary N) is 1. The molecule has 4 heteroatoms. The molecule has 0 unspecified atom stereocenters. The molecule has 1 fully saturated rings. The predicted octanol–water partition coefficient (Wildman–Crippen LogP) is 4.50. The normalized spacial score (nSPS) is 18.1. The number of carbonyl (C=O) groups excluding carboxylic acids is 1. The molecule has 0 aromatic heterocycles. The van der Waals surface area contributed by atoms with E-state index in [1.807, 2.05) is 30.3 Å². The van der Waals surface area contributed by atoms with Crippen molar-refractivity contribution in [1.29, 1.82) is 0 Å². The molecule has 25 heavy (non-hydrogen) atoms. The molecule has 0 bridgehead atoms. The zero-order chi connectivity index (χ0) is 17.2. The third-order valence-corrected chi connectivity index (χ3v) is 6.15. The molecule has 0 radical (unpaired) electrons. The van der Waals surface area contributed by atoms with Crippen LogP contribution in [-0.4, -0.2) is 29.9 Å². The Labute approximate surface area is 162 Å². The number of hydrogen-bond donors (Lipinski definition) is 1. The average molecular weight is 446 g/mol. The Bertz CT molecular complexity index is 785. The molecule has 3 nitrogen and oxygen atoms in total. The van der Waals surface area contributed by atoms with E-state index >= 15 is 0 Å². The quantitative estimate of drug-likeness (QED) is 0.705. The van der Waals surface area contributed by atoms with Gasteiger partial charge in [0.1, 0.15) is 0 Å². The summed E-state index contributed by atoms with van der Waals surface area (Å²) in [5.74, 6) is -0.0387. The van der Waals surface area contributed by atoms with E-state index in [9.17, 15) is 4.79 Å². The number of benzene rings is 2. The van der Waals surface area contributed by atoms with Crippen molar-refractivity contribution in [2.45, 2.75) is 38.1 Å². The minimum Gasteiger partial charge on any atom is -0.322 e. The number of carbonyl (C=O) groups is 1. The SMILES string of the molecule is O=C(Nc1ccc2c(c1)CCN(C1CCC1)CC2)c1cccc(I)c1. The summed E-state index contributed by atoms with van der Waals surface area (Å²) in [7, 11) is 0. The van der Waals surface area contributed by atoms with E-state index in [1.54, 1.807) is 0 Å². The highest BCUT2D eigenvalue weighted by Gasteiger charge is 2.26. The molecule has 1 aliphatic heterocycles. The van der Waals surface area contributed by atoms with Crippen LogP contribution in [-0.2, 0) is 12.8 Å². The van der Waals surface area contributed by atoms with Gasteiger partial charge >= 0.3 is 0 Å². The highest BCUT2D eigenvalue weighted by Crippen LogP contribution is 2.28. The van der Waals surface area contributed by atoms with Gasteiger partial charge in [0, 0.05) is 34.0 Å². The van der Waals surface area contributed by atoms with Gasteiger partial charge in [-0.2, -0.15) is 0 Å². The second-order valence-corrected chi connectivity index (χ2v) is 8.31. The van der Waals surface area contributed by atoms with Crippen molar-refractivity contribution in [2.24, 2.45) is 0 Å². The summed E-state index contributed by atoms with van der Waals surface area (Å²) in [4.78, 5) is 15.1. The maximum absolute atomic E-state index is 12.5. The summed E-state index contributed by atoms with van der Waals surface area (Å²) in [5, 5.41) is 3.06. The molecule has 1 saturated carbocycles. The monoisotopic (exact) mass is 446 g/mol. The highest BCUT2D eigenvalue weighted by atomic mass is 127. The van der Waals surface area contributed by atoms with Crippen molar-refractivity contribution in [1.82, 2.24) is 4.90 Å². The molecule has 2 aromatic rings. The van der Waals surface area contributed by atoms with Crippen LogP contribution in [0.2, 0.25) is 0 Å². The van der Waals surface area contributed by atoms with Crippen molar-refractivity contribution < 1.29 is 4.79 Å². The van der Waals surface area contributed by atoms with Gasteiger partial charge in [0.2, 0.25) is 0 Å². The second kappa shape index (κ2) is 7.46. The van der Waals surface area contributed by atoms with Crippen molar-refractivity contribution >= 4 is 34.2 Å². The highest BCUT2D eigenvalue weighted by molar-refractivity contribution is 14.1. The van der Waals surface area contributed by atoms with Gasteiger partial charge in [-0.15, -0.1) is 0 Å². The van der Waals surface area contributed by atoms with Crippen molar-refractivity contribution in [3.63, 3.8) is 0 Å². The Hall–Kier alpha value is -1.40. The minimum atomic E-state index is -0.0387. The van der Waals surface area contributed by atoms with Gasteiger partial charge in [-0.25, -0.2) is 0 Å². The van der Waals surface area contributed by atoms with E-state index in [2.05, 4.69) is 44.9 Å². The third-order valence-electron chi connectivity index (χ3n) is 5.48. The first-order valence-corrected chi connectivity index (χ1v) is 10.2. The molecule has 4 rings (SSSR count). The lowest BCUT2D eigenvalue weighted by Crippen LogP contribution is -2.41. The van der Waals surface area contributed by atoms with Crippen LogP contribution in [0.4, 0.5) is 5.69 Å². The van der Waals surface area contributed by atoms with Gasteiger partial charge in [0.05, 0.1) is 0 Å². The molecule has 0 saturated heterocycles. The van der Waals surface area contributed by atoms with Crippen molar-refractivity contribution in [2.75, 3.05) is 18.4 Å². The molecule has 130 valence electrons. The number of halogens is 1. The smallest absolute Gasteiger partial charge is 0.255 e. The second-order valence-electron chi connectivity index (χ2n) is 7.07. The molecule has 0 spiro atoms. The lowest BCUT2D eigenvalue weighted by molar-refractivity contribution is 0.102. The van der Waals surface area contributed by atoms with Crippen molar-refractivity contribution in [3.8, 4) is 0 Å². The first kappa shape index (κ1) is 17.0. The maximum atomic E-state index is 12.5. The van der Waals surface area contributed by atoms with Gasteiger partial charge in [-0.05, 0) is 89.7 Å². The van der Waals surface area contributed by atoms with Crippen LogP contribution in [0.3, 0.4) is 0 Å². The van der Waals surface area contributed by atoms with Gasteiger partial charge in [0.25, 0.3) is 5.91 Å². The fraction of sp³-hybridized carbons (Fsp3) is 0.381. The molecule has 0 atom stereocenters. The molecule has 1 heterocycles. The van der Waals surface area contributed by atoms with Crippen LogP contribution in [0.1, 0.15) is 40.7 Å². The Morgan fingerprint density at radius 1 is 1.04 bits per heavy atom. The number of rotatable bonds is 3. The first-order valence-electron chi connectivity index (χ1n) is 9.12. The summed E-state index contributed by atoms with van der Waals surface area (Å²) < 4.78 is 1.07. The Kier molecular flexibility index (Phi) is 5.08. The van der Waals surface area contributed by atoms with E-state index in [1.165, 1.54) is 36.9 Å². The fourth-order valence-corrected chi connectivity index (χ4v) is 4.31. The van der Waals surface area contributed by atoms with Gasteiger partial charge in [-0.1, -0.05) is 18.6 Å². The summed E-state index contributed by atoms with van der Waals surface area (Å²) in [5.41, 5.74) is 4.44. The summed E-state index contributed by atoms with van der Waals surface area (Å²) in [6, 6.07) is 14.9. The molecule has 2 aromatic carbocycles. The number of fused-ring (bicyclic) bond motifs is 1. The van der Waals surface area contributed by atoms with Crippen LogP contribution >= 0.6 is 22.6 Å². The van der Waals surface area contributed by atoms with Crippen LogP contribution < -0.4 is 5.32 Å². The Balaban J connectivity index is 1.46. The summed E-state index contributed by atoms with van der Waals surface area (Å²) in [6.45, 7) is 2.32. The molecular weight excluding hydrogens is 423 g/mol. The van der Waals surface area contributed by atoms with Crippen LogP contribution in [0, 0.1) is 3.57 Å². The number of amides is 1. The average Bonchev–Trinajstić information content (AvgIpc) is 2.76. The molecule has 1 N–H and O–H groups in total. The Morgan fingerprint density at radius 2 is 1.84 bits per heavy atom. The topological polar surface area (TPSA) is 32.3 Å². The van der Waals surface area contributed by atoms with Gasteiger partial charge < -0.3 is 5.32 Å². The molecular formula is C21H23IN2O. The summed E-state index contributed by atoms with van der Waals surface area (Å²) in [6.07, 6.45) is 6.33. The van der Waals surface area contributed by atoms with E-state index in [0.717, 1.165) is 34.7 Å². The minimum absolute atomic E-state index is 0.0387. The van der Waals surface area contributed by atoms with Crippen LogP contribution in [0.15, 0.2) is 42.5 Å². The van der Waals surface area contributed by atoms with Gasteiger partial charge in [-0.3, -0.25) is 9.69 Å². The Morgan fingerprint density at radius 3 is 2.56 bits per heavy atom.